The summed E-state index contributed by atoms with van der Waals surface area (Å²) in [5, 5.41) is 7.85. The summed E-state index contributed by atoms with van der Waals surface area (Å²) in [5.74, 6) is 0.0501. The highest BCUT2D eigenvalue weighted by atomic mass is 16.5. The number of nitrogens with one attached hydrogen (secondary N) is 1. The molecule has 0 unspecified atom stereocenters. The van der Waals surface area contributed by atoms with Gasteiger partial charge in [0.25, 0.3) is 5.91 Å². The molecule has 1 aromatic carbocycles. The van der Waals surface area contributed by atoms with Gasteiger partial charge in [0.15, 0.2) is 5.78 Å². The highest BCUT2D eigenvalue weighted by molar-refractivity contribution is 6.42. The Kier molecular flexibility index (Phi) is 7.50. The number of allylic oxidation sites excluding steroid dienone is 2. The second-order valence-corrected chi connectivity index (χ2v) is 6.23. The van der Waals surface area contributed by atoms with Crippen molar-refractivity contribution in [2.75, 3.05) is 20.7 Å². The molecule has 0 aromatic heterocycles. The van der Waals surface area contributed by atoms with Crippen LogP contribution in [0.2, 0.25) is 0 Å². The van der Waals surface area contributed by atoms with Crippen LogP contribution in [-0.2, 0) is 11.2 Å². The van der Waals surface area contributed by atoms with Crippen molar-refractivity contribution < 1.29 is 14.3 Å². The summed E-state index contributed by atoms with van der Waals surface area (Å²) in [5.41, 5.74) is 3.77. The van der Waals surface area contributed by atoms with Gasteiger partial charge in [-0.1, -0.05) is 19.6 Å². The zero-order valence-electron chi connectivity index (χ0n) is 16.5. The third-order valence-corrected chi connectivity index (χ3v) is 4.10. The molecule has 1 amide bonds. The first-order chi connectivity index (χ1) is 12.1. The first-order valence-corrected chi connectivity index (χ1v) is 8.63. The van der Waals surface area contributed by atoms with E-state index in [1.54, 1.807) is 20.2 Å². The Morgan fingerprint density at radius 2 is 1.88 bits per heavy atom. The average Bonchev–Trinajstić information content (AvgIpc) is 2.58. The molecule has 0 radical (unpaired) electrons. The lowest BCUT2D eigenvalue weighted by Gasteiger charge is -2.19. The predicted octanol–water partition coefficient (Wildman–Crippen LogP) is 3.84. The van der Waals surface area contributed by atoms with Gasteiger partial charge in [0, 0.05) is 19.7 Å². The van der Waals surface area contributed by atoms with Crippen molar-refractivity contribution in [1.82, 2.24) is 4.90 Å². The van der Waals surface area contributed by atoms with E-state index in [1.165, 1.54) is 17.9 Å². The van der Waals surface area contributed by atoms with Crippen molar-refractivity contribution in [2.24, 2.45) is 0 Å². The fraction of sp³-hybridized carbons (Fsp3) is 0.381. The van der Waals surface area contributed by atoms with Crippen molar-refractivity contribution in [2.45, 2.75) is 34.1 Å². The number of Topliss-reactive ketones (excluding diaryl/α,β-unsaturated/α-hetero) is 1. The summed E-state index contributed by atoms with van der Waals surface area (Å²) in [6, 6.07) is 1.88. The van der Waals surface area contributed by atoms with Gasteiger partial charge in [-0.3, -0.25) is 15.0 Å². The van der Waals surface area contributed by atoms with E-state index in [0.717, 1.165) is 23.1 Å². The highest BCUT2D eigenvalue weighted by Crippen LogP contribution is 2.36. The molecule has 0 aliphatic carbocycles. The SMILES string of the molecule is C=C(/C=C\C(=N)C(=O)N(C)C)c1c(C)c(CC)cc(C(C)=O)c1OCC. The maximum absolute atomic E-state index is 12.1. The van der Waals surface area contributed by atoms with Crippen molar-refractivity contribution in [3.8, 4) is 5.75 Å². The fourth-order valence-electron chi connectivity index (χ4n) is 2.70. The lowest BCUT2D eigenvalue weighted by Crippen LogP contribution is -2.28. The van der Waals surface area contributed by atoms with E-state index < -0.39 is 0 Å². The molecular formula is C21H28N2O3. The van der Waals surface area contributed by atoms with Crippen LogP contribution in [0.3, 0.4) is 0 Å². The number of carbonyl (C=O) groups is 2. The van der Waals surface area contributed by atoms with Gasteiger partial charge in [0.1, 0.15) is 11.5 Å². The number of ketones is 1. The number of ether oxygens (including phenoxy) is 1. The van der Waals surface area contributed by atoms with Gasteiger partial charge in [0.2, 0.25) is 0 Å². The summed E-state index contributed by atoms with van der Waals surface area (Å²) in [4.78, 5) is 25.3. The molecule has 0 heterocycles. The minimum absolute atomic E-state index is 0.0725. The number of amides is 1. The average molecular weight is 356 g/mol. The summed E-state index contributed by atoms with van der Waals surface area (Å²) >= 11 is 0. The molecule has 5 nitrogen and oxygen atoms in total. The number of rotatable bonds is 8. The van der Waals surface area contributed by atoms with Crippen LogP contribution >= 0.6 is 0 Å². The third-order valence-electron chi connectivity index (χ3n) is 4.10. The predicted molar refractivity (Wildman–Crippen MR) is 106 cm³/mol. The van der Waals surface area contributed by atoms with Gasteiger partial charge in [-0.25, -0.2) is 0 Å². The molecule has 26 heavy (non-hydrogen) atoms. The van der Waals surface area contributed by atoms with Crippen LogP contribution in [-0.4, -0.2) is 43.0 Å². The molecule has 0 spiro atoms. The van der Waals surface area contributed by atoms with Gasteiger partial charge in [-0.05, 0) is 56.0 Å². The van der Waals surface area contributed by atoms with Crippen molar-refractivity contribution >= 4 is 23.0 Å². The summed E-state index contributed by atoms with van der Waals surface area (Å²) in [7, 11) is 3.20. The Bertz CT molecular complexity index is 774. The van der Waals surface area contributed by atoms with E-state index in [0.29, 0.717) is 23.5 Å². The first kappa shape index (κ1) is 21.4. The summed E-state index contributed by atoms with van der Waals surface area (Å²) in [6.45, 7) is 11.9. The van der Waals surface area contributed by atoms with Crippen molar-refractivity contribution in [3.63, 3.8) is 0 Å². The van der Waals surface area contributed by atoms with Gasteiger partial charge in [0.05, 0.1) is 12.2 Å². The highest BCUT2D eigenvalue weighted by Gasteiger charge is 2.20. The first-order valence-electron chi connectivity index (χ1n) is 8.63. The minimum atomic E-state index is -0.387. The molecule has 0 atom stereocenters. The van der Waals surface area contributed by atoms with Crippen LogP contribution in [0.15, 0.2) is 24.8 Å². The summed E-state index contributed by atoms with van der Waals surface area (Å²) in [6.07, 6.45) is 3.82. The lowest BCUT2D eigenvalue weighted by atomic mass is 9.90. The van der Waals surface area contributed by atoms with E-state index in [4.69, 9.17) is 10.1 Å². The Hall–Kier alpha value is -2.69. The number of hydrogen-bond acceptors (Lipinski definition) is 4. The number of carbonyl (C=O) groups excluding carboxylic acids is 2. The second kappa shape index (κ2) is 9.13. The van der Waals surface area contributed by atoms with Crippen LogP contribution < -0.4 is 4.74 Å². The number of benzene rings is 1. The maximum Gasteiger partial charge on any atom is 0.271 e. The Labute approximate surface area is 155 Å². The number of nitrogens with zero attached hydrogens (tertiary/aromatic N) is 1. The maximum atomic E-state index is 12.1. The standard InChI is InChI=1S/C21H28N2O3/c1-8-16-12-17(15(5)24)20(26-9-2)19(14(16)4)13(3)10-11-18(22)21(25)23(6)7/h10-12,22H,3,8-9H2,1-2,4-7H3/b11-10-,22-18?. The van der Waals surface area contributed by atoms with Gasteiger partial charge in [-0.15, -0.1) is 0 Å². The fourth-order valence-corrected chi connectivity index (χ4v) is 2.70. The zero-order valence-corrected chi connectivity index (χ0v) is 16.5. The monoisotopic (exact) mass is 356 g/mol. The lowest BCUT2D eigenvalue weighted by molar-refractivity contribution is -0.121. The van der Waals surface area contributed by atoms with Crippen molar-refractivity contribution in [1.29, 1.82) is 5.41 Å². The Morgan fingerprint density at radius 3 is 2.35 bits per heavy atom. The topological polar surface area (TPSA) is 70.5 Å². The molecule has 5 heteroatoms. The largest absolute Gasteiger partial charge is 0.492 e. The van der Waals surface area contributed by atoms with Crippen LogP contribution in [0.5, 0.6) is 5.75 Å². The van der Waals surface area contributed by atoms with E-state index >= 15 is 0 Å². The van der Waals surface area contributed by atoms with Gasteiger partial charge >= 0.3 is 0 Å². The Morgan fingerprint density at radius 1 is 1.27 bits per heavy atom. The smallest absolute Gasteiger partial charge is 0.271 e. The van der Waals surface area contributed by atoms with Gasteiger partial charge < -0.3 is 9.64 Å². The van der Waals surface area contributed by atoms with Crippen molar-refractivity contribution in [3.05, 3.63) is 47.1 Å². The molecular weight excluding hydrogens is 328 g/mol. The van der Waals surface area contributed by atoms with Crippen LogP contribution in [0.25, 0.3) is 5.57 Å². The molecule has 0 aliphatic heterocycles. The zero-order chi connectivity index (χ0) is 20.0. The molecule has 140 valence electrons. The molecule has 1 N–H and O–H groups in total. The van der Waals surface area contributed by atoms with Crippen LogP contribution in [0.1, 0.15) is 47.8 Å². The normalized spacial score (nSPS) is 10.7. The minimum Gasteiger partial charge on any atom is -0.492 e. The quantitative estimate of drug-likeness (QED) is 0.437. The molecule has 0 aliphatic rings. The van der Waals surface area contributed by atoms with Crippen LogP contribution in [0, 0.1) is 12.3 Å². The molecule has 0 saturated carbocycles. The number of hydrogen-bond donors (Lipinski definition) is 1. The van der Waals surface area contributed by atoms with Gasteiger partial charge in [-0.2, -0.15) is 0 Å². The van der Waals surface area contributed by atoms with E-state index in [-0.39, 0.29) is 17.4 Å². The van der Waals surface area contributed by atoms with E-state index in [1.807, 2.05) is 26.8 Å². The van der Waals surface area contributed by atoms with E-state index in [2.05, 4.69) is 6.58 Å². The Balaban J connectivity index is 3.47. The third kappa shape index (κ3) is 4.69. The molecule has 1 rings (SSSR count). The van der Waals surface area contributed by atoms with E-state index in [9.17, 15) is 9.59 Å². The molecule has 0 saturated heterocycles. The summed E-state index contributed by atoms with van der Waals surface area (Å²) < 4.78 is 5.78. The second-order valence-electron chi connectivity index (χ2n) is 6.23. The molecule has 0 bridgehead atoms. The molecule has 1 aromatic rings. The van der Waals surface area contributed by atoms with Crippen LogP contribution in [0.4, 0.5) is 0 Å². The molecule has 0 fully saturated rings. The number of aryl methyl sites for hydroxylation is 1.